The summed E-state index contributed by atoms with van der Waals surface area (Å²) in [5.41, 5.74) is 3.69. The van der Waals surface area contributed by atoms with Gasteiger partial charge < -0.3 is 20.4 Å². The molecule has 1 heterocycles. The summed E-state index contributed by atoms with van der Waals surface area (Å²) in [5.74, 6) is 0. The van der Waals surface area contributed by atoms with E-state index in [4.69, 9.17) is 11.6 Å². The summed E-state index contributed by atoms with van der Waals surface area (Å²) in [6.07, 6.45) is 0. The van der Waals surface area contributed by atoms with E-state index in [-0.39, 0.29) is 12.4 Å². The first-order chi connectivity index (χ1) is 9.58. The van der Waals surface area contributed by atoms with Gasteiger partial charge in [-0.15, -0.1) is 12.4 Å². The number of anilines is 2. The lowest BCUT2D eigenvalue weighted by atomic mass is 10.1. The van der Waals surface area contributed by atoms with Crippen molar-refractivity contribution in [3.63, 3.8) is 0 Å². The Morgan fingerprint density at radius 2 is 1.95 bits per heavy atom. The molecule has 0 aromatic heterocycles. The topological polar surface area (TPSA) is 30.5 Å². The van der Waals surface area contributed by atoms with Crippen LogP contribution in [0.25, 0.3) is 0 Å². The molecular formula is C15H26Cl2N4. The zero-order chi connectivity index (χ0) is 14.5. The number of halogens is 2. The molecule has 0 saturated carbocycles. The molecule has 1 aromatic carbocycles. The van der Waals surface area contributed by atoms with Crippen LogP contribution >= 0.6 is 24.0 Å². The maximum absolute atomic E-state index is 6.29. The summed E-state index contributed by atoms with van der Waals surface area (Å²) >= 11 is 6.29. The Morgan fingerprint density at radius 1 is 1.29 bits per heavy atom. The standard InChI is InChI=1S/C15H25ClN4.ClH/c1-12-14(18-6-7-19(2)3)10-13(16)11-15(12)20-8-4-17-5-9-20;/h10-11,17-18H,4-9H2,1-3H3;1H. The van der Waals surface area contributed by atoms with Gasteiger partial charge in [-0.1, -0.05) is 11.6 Å². The minimum absolute atomic E-state index is 0. The molecule has 0 radical (unpaired) electrons. The summed E-state index contributed by atoms with van der Waals surface area (Å²) in [4.78, 5) is 4.58. The Balaban J connectivity index is 0.00000220. The lowest BCUT2D eigenvalue weighted by Gasteiger charge is -2.31. The molecule has 0 aliphatic carbocycles. The van der Waals surface area contributed by atoms with Gasteiger partial charge in [0, 0.05) is 55.7 Å². The van der Waals surface area contributed by atoms with E-state index in [1.54, 1.807) is 0 Å². The van der Waals surface area contributed by atoms with E-state index < -0.39 is 0 Å². The van der Waals surface area contributed by atoms with Crippen LogP contribution in [0.2, 0.25) is 5.02 Å². The van der Waals surface area contributed by atoms with Crippen molar-refractivity contribution in [2.45, 2.75) is 6.92 Å². The molecular weight excluding hydrogens is 307 g/mol. The summed E-state index contributed by atoms with van der Waals surface area (Å²) < 4.78 is 0. The van der Waals surface area contributed by atoms with Crippen LogP contribution in [-0.2, 0) is 0 Å². The van der Waals surface area contributed by atoms with E-state index in [0.29, 0.717) is 0 Å². The minimum Gasteiger partial charge on any atom is -0.383 e. The Kier molecular flexibility index (Phi) is 7.60. The largest absolute Gasteiger partial charge is 0.383 e. The van der Waals surface area contributed by atoms with Crippen molar-refractivity contribution >= 4 is 35.4 Å². The van der Waals surface area contributed by atoms with Crippen LogP contribution in [-0.4, -0.2) is 58.3 Å². The zero-order valence-corrected chi connectivity index (χ0v) is 14.7. The second kappa shape index (κ2) is 8.69. The molecule has 4 nitrogen and oxygen atoms in total. The highest BCUT2D eigenvalue weighted by atomic mass is 35.5. The van der Waals surface area contributed by atoms with E-state index in [0.717, 1.165) is 50.0 Å². The highest BCUT2D eigenvalue weighted by Gasteiger charge is 2.15. The average molecular weight is 333 g/mol. The highest BCUT2D eigenvalue weighted by molar-refractivity contribution is 6.31. The van der Waals surface area contributed by atoms with Crippen molar-refractivity contribution in [2.75, 3.05) is 63.6 Å². The smallest absolute Gasteiger partial charge is 0.0447 e. The molecule has 21 heavy (non-hydrogen) atoms. The molecule has 0 atom stereocenters. The number of nitrogens with one attached hydrogen (secondary N) is 2. The predicted octanol–water partition coefficient (Wildman–Crippen LogP) is 2.45. The quantitative estimate of drug-likeness (QED) is 0.867. The normalized spacial score (nSPS) is 15.0. The molecule has 0 spiro atoms. The Morgan fingerprint density at radius 3 is 2.57 bits per heavy atom. The molecule has 120 valence electrons. The number of benzene rings is 1. The van der Waals surface area contributed by atoms with Crippen LogP contribution in [0.4, 0.5) is 11.4 Å². The van der Waals surface area contributed by atoms with Gasteiger partial charge in [0.15, 0.2) is 0 Å². The molecule has 0 amide bonds. The van der Waals surface area contributed by atoms with Gasteiger partial charge in [0.2, 0.25) is 0 Å². The zero-order valence-electron chi connectivity index (χ0n) is 13.1. The predicted molar refractivity (Wildman–Crippen MR) is 95.6 cm³/mol. The second-order valence-electron chi connectivity index (χ2n) is 5.56. The average Bonchev–Trinajstić information content (AvgIpc) is 2.43. The van der Waals surface area contributed by atoms with E-state index >= 15 is 0 Å². The van der Waals surface area contributed by atoms with Crippen molar-refractivity contribution in [2.24, 2.45) is 0 Å². The van der Waals surface area contributed by atoms with Crippen molar-refractivity contribution in [3.8, 4) is 0 Å². The highest BCUT2D eigenvalue weighted by Crippen LogP contribution is 2.31. The second-order valence-corrected chi connectivity index (χ2v) is 6.00. The lowest BCUT2D eigenvalue weighted by Crippen LogP contribution is -2.43. The van der Waals surface area contributed by atoms with Crippen LogP contribution in [0.15, 0.2) is 12.1 Å². The first-order valence-electron chi connectivity index (χ1n) is 7.22. The van der Waals surface area contributed by atoms with Crippen LogP contribution in [0.1, 0.15) is 5.56 Å². The maximum Gasteiger partial charge on any atom is 0.0447 e. The van der Waals surface area contributed by atoms with Gasteiger partial charge in [0.1, 0.15) is 0 Å². The van der Waals surface area contributed by atoms with Crippen LogP contribution < -0.4 is 15.5 Å². The monoisotopic (exact) mass is 332 g/mol. The SMILES string of the molecule is Cc1c(NCCN(C)C)cc(Cl)cc1N1CCNCC1.Cl. The van der Waals surface area contributed by atoms with Crippen molar-refractivity contribution in [3.05, 3.63) is 22.7 Å². The van der Waals surface area contributed by atoms with Gasteiger partial charge in [-0.25, -0.2) is 0 Å². The minimum atomic E-state index is 0. The molecule has 1 saturated heterocycles. The first kappa shape index (κ1) is 18.4. The van der Waals surface area contributed by atoms with Gasteiger partial charge in [-0.2, -0.15) is 0 Å². The molecule has 2 rings (SSSR count). The first-order valence-corrected chi connectivity index (χ1v) is 7.60. The molecule has 1 fully saturated rings. The van der Waals surface area contributed by atoms with Gasteiger partial charge in [0.25, 0.3) is 0 Å². The fraction of sp³-hybridized carbons (Fsp3) is 0.600. The number of piperazine rings is 1. The van der Waals surface area contributed by atoms with E-state index in [9.17, 15) is 0 Å². The third-order valence-electron chi connectivity index (χ3n) is 3.68. The van der Waals surface area contributed by atoms with Crippen molar-refractivity contribution in [1.82, 2.24) is 10.2 Å². The van der Waals surface area contributed by atoms with Crippen molar-refractivity contribution in [1.29, 1.82) is 0 Å². The van der Waals surface area contributed by atoms with Crippen LogP contribution in [0, 0.1) is 6.92 Å². The fourth-order valence-corrected chi connectivity index (χ4v) is 2.71. The summed E-state index contributed by atoms with van der Waals surface area (Å²) in [6, 6.07) is 4.11. The van der Waals surface area contributed by atoms with Crippen LogP contribution in [0.3, 0.4) is 0 Å². The summed E-state index contributed by atoms with van der Waals surface area (Å²) in [7, 11) is 4.16. The molecule has 0 bridgehead atoms. The number of hydrogen-bond acceptors (Lipinski definition) is 4. The Labute approximate surface area is 139 Å². The third kappa shape index (κ3) is 5.22. The van der Waals surface area contributed by atoms with Gasteiger partial charge in [-0.3, -0.25) is 0 Å². The molecule has 0 unspecified atom stereocenters. The molecule has 2 N–H and O–H groups in total. The molecule has 1 aliphatic heterocycles. The Hall–Kier alpha value is -0.680. The van der Waals surface area contributed by atoms with E-state index in [1.807, 2.05) is 6.07 Å². The number of hydrogen-bond donors (Lipinski definition) is 2. The molecule has 6 heteroatoms. The number of likely N-dealkylation sites (N-methyl/N-ethyl adjacent to an activating group) is 1. The summed E-state index contributed by atoms with van der Waals surface area (Å²) in [5, 5.41) is 7.68. The third-order valence-corrected chi connectivity index (χ3v) is 3.90. The molecule has 1 aliphatic rings. The maximum atomic E-state index is 6.29. The van der Waals surface area contributed by atoms with Gasteiger partial charge in [0.05, 0.1) is 0 Å². The lowest BCUT2D eigenvalue weighted by molar-refractivity contribution is 0.425. The fourth-order valence-electron chi connectivity index (χ4n) is 2.50. The van der Waals surface area contributed by atoms with Crippen LogP contribution in [0.5, 0.6) is 0 Å². The van der Waals surface area contributed by atoms with Gasteiger partial charge >= 0.3 is 0 Å². The number of nitrogens with zero attached hydrogens (tertiary/aromatic N) is 2. The molecule has 1 aromatic rings. The van der Waals surface area contributed by atoms with Crippen molar-refractivity contribution < 1.29 is 0 Å². The van der Waals surface area contributed by atoms with Gasteiger partial charge in [-0.05, 0) is 38.7 Å². The number of rotatable bonds is 5. The summed E-state index contributed by atoms with van der Waals surface area (Å²) in [6.45, 7) is 8.26. The van der Waals surface area contributed by atoms with E-state index in [2.05, 4.69) is 47.5 Å². The Bertz CT molecular complexity index is 446. The van der Waals surface area contributed by atoms with E-state index in [1.165, 1.54) is 11.3 Å².